The van der Waals surface area contributed by atoms with Gasteiger partial charge in [-0.25, -0.2) is 4.39 Å². The summed E-state index contributed by atoms with van der Waals surface area (Å²) in [5.74, 6) is 0.133. The number of hydrogen-bond donors (Lipinski definition) is 0. The maximum Gasteiger partial charge on any atom is 0.227 e. The van der Waals surface area contributed by atoms with Crippen LogP contribution in [-0.2, 0) is 11.2 Å². The maximum atomic E-state index is 13.7. The summed E-state index contributed by atoms with van der Waals surface area (Å²) in [6.07, 6.45) is 4.78. The third-order valence-corrected chi connectivity index (χ3v) is 4.34. The second-order valence-electron chi connectivity index (χ2n) is 5.80. The molecular formula is C18H18ClFN2O2. The van der Waals surface area contributed by atoms with E-state index in [1.165, 1.54) is 12.3 Å². The Morgan fingerprint density at radius 2 is 2.21 bits per heavy atom. The van der Waals surface area contributed by atoms with Gasteiger partial charge in [-0.05, 0) is 24.5 Å². The van der Waals surface area contributed by atoms with Gasteiger partial charge < -0.3 is 9.64 Å². The van der Waals surface area contributed by atoms with Crippen LogP contribution in [0.1, 0.15) is 18.4 Å². The van der Waals surface area contributed by atoms with Crippen molar-refractivity contribution in [3.05, 3.63) is 59.1 Å². The van der Waals surface area contributed by atoms with Crippen molar-refractivity contribution in [3.63, 3.8) is 0 Å². The minimum absolute atomic E-state index is 0.0649. The van der Waals surface area contributed by atoms with Crippen molar-refractivity contribution in [2.45, 2.75) is 25.4 Å². The number of rotatable bonds is 4. The molecule has 24 heavy (non-hydrogen) atoms. The molecule has 6 heteroatoms. The first-order chi connectivity index (χ1) is 11.6. The highest BCUT2D eigenvalue weighted by Crippen LogP contribution is 2.25. The van der Waals surface area contributed by atoms with Crippen LogP contribution in [0, 0.1) is 5.82 Å². The van der Waals surface area contributed by atoms with E-state index < -0.39 is 0 Å². The Labute approximate surface area is 145 Å². The number of likely N-dealkylation sites (tertiary alicyclic amines) is 1. The van der Waals surface area contributed by atoms with Gasteiger partial charge in [0.25, 0.3) is 0 Å². The van der Waals surface area contributed by atoms with E-state index in [0.717, 1.165) is 12.8 Å². The van der Waals surface area contributed by atoms with Crippen LogP contribution in [0.5, 0.6) is 5.75 Å². The molecule has 1 saturated heterocycles. The number of benzene rings is 1. The third kappa shape index (κ3) is 4.03. The van der Waals surface area contributed by atoms with Gasteiger partial charge >= 0.3 is 0 Å². The van der Waals surface area contributed by atoms with Gasteiger partial charge in [0.05, 0.1) is 13.0 Å². The molecular weight excluding hydrogens is 331 g/mol. The minimum Gasteiger partial charge on any atom is -0.487 e. The van der Waals surface area contributed by atoms with E-state index >= 15 is 0 Å². The van der Waals surface area contributed by atoms with E-state index in [2.05, 4.69) is 4.98 Å². The number of piperidine rings is 1. The van der Waals surface area contributed by atoms with Gasteiger partial charge in [-0.1, -0.05) is 29.8 Å². The summed E-state index contributed by atoms with van der Waals surface area (Å²) in [6, 6.07) is 8.08. The van der Waals surface area contributed by atoms with Crippen molar-refractivity contribution in [1.82, 2.24) is 9.88 Å². The van der Waals surface area contributed by atoms with Crippen molar-refractivity contribution in [3.8, 4) is 5.75 Å². The molecule has 1 amide bonds. The molecule has 3 rings (SSSR count). The fourth-order valence-corrected chi connectivity index (χ4v) is 2.98. The molecule has 1 aromatic heterocycles. The Morgan fingerprint density at radius 1 is 1.38 bits per heavy atom. The summed E-state index contributed by atoms with van der Waals surface area (Å²) in [4.78, 5) is 18.1. The molecule has 1 aliphatic rings. The zero-order chi connectivity index (χ0) is 16.9. The largest absolute Gasteiger partial charge is 0.487 e. The van der Waals surface area contributed by atoms with E-state index in [4.69, 9.17) is 16.3 Å². The van der Waals surface area contributed by atoms with Gasteiger partial charge in [-0.15, -0.1) is 0 Å². The van der Waals surface area contributed by atoms with Crippen molar-refractivity contribution in [1.29, 1.82) is 0 Å². The zero-order valence-corrected chi connectivity index (χ0v) is 13.9. The molecule has 1 aliphatic heterocycles. The molecule has 0 aliphatic carbocycles. The summed E-state index contributed by atoms with van der Waals surface area (Å²) < 4.78 is 19.6. The molecule has 1 fully saturated rings. The number of carbonyl (C=O) groups is 1. The van der Waals surface area contributed by atoms with Gasteiger partial charge in [0, 0.05) is 25.0 Å². The molecule has 0 spiro atoms. The van der Waals surface area contributed by atoms with E-state index in [9.17, 15) is 9.18 Å². The van der Waals surface area contributed by atoms with Crippen LogP contribution >= 0.6 is 11.6 Å². The molecule has 0 bridgehead atoms. The van der Waals surface area contributed by atoms with Crippen molar-refractivity contribution in [2.24, 2.45) is 0 Å². The SMILES string of the molecule is O=C(Cc1ccccc1F)N1CCC[C@H](Oc2ccncc2Cl)C1. The summed E-state index contributed by atoms with van der Waals surface area (Å²) in [6.45, 7) is 1.14. The second-order valence-corrected chi connectivity index (χ2v) is 6.20. The fourth-order valence-electron chi connectivity index (χ4n) is 2.81. The topological polar surface area (TPSA) is 42.4 Å². The summed E-state index contributed by atoms with van der Waals surface area (Å²) in [7, 11) is 0. The maximum absolute atomic E-state index is 13.7. The monoisotopic (exact) mass is 348 g/mol. The number of amides is 1. The average Bonchev–Trinajstić information content (AvgIpc) is 2.59. The molecule has 2 aromatic rings. The Kier molecular flexibility index (Phi) is 5.30. The molecule has 4 nitrogen and oxygen atoms in total. The molecule has 2 heterocycles. The Hall–Kier alpha value is -2.14. The summed E-state index contributed by atoms with van der Waals surface area (Å²) in [5.41, 5.74) is 0.419. The van der Waals surface area contributed by atoms with Crippen LogP contribution in [0.15, 0.2) is 42.7 Å². The first kappa shape index (κ1) is 16.7. The predicted octanol–water partition coefficient (Wildman–Crippen LogP) is 3.49. The molecule has 126 valence electrons. The van der Waals surface area contributed by atoms with Crippen LogP contribution in [-0.4, -0.2) is 35.0 Å². The summed E-state index contributed by atoms with van der Waals surface area (Å²) in [5, 5.41) is 0.451. The number of nitrogens with zero attached hydrogens (tertiary/aromatic N) is 2. The van der Waals surface area contributed by atoms with Gasteiger partial charge in [0.2, 0.25) is 5.91 Å². The second kappa shape index (κ2) is 7.62. The molecule has 0 saturated carbocycles. The van der Waals surface area contributed by atoms with Gasteiger partial charge in [-0.3, -0.25) is 9.78 Å². The van der Waals surface area contributed by atoms with Gasteiger partial charge in [0.1, 0.15) is 22.7 Å². The Bertz CT molecular complexity index is 726. The van der Waals surface area contributed by atoms with Crippen molar-refractivity contribution >= 4 is 17.5 Å². The summed E-state index contributed by atoms with van der Waals surface area (Å²) >= 11 is 6.06. The number of ether oxygens (including phenoxy) is 1. The lowest BCUT2D eigenvalue weighted by atomic mass is 10.1. The van der Waals surface area contributed by atoms with Crippen LogP contribution in [0.4, 0.5) is 4.39 Å². The highest BCUT2D eigenvalue weighted by atomic mass is 35.5. The van der Waals surface area contributed by atoms with Crippen LogP contribution in [0.25, 0.3) is 0 Å². The van der Waals surface area contributed by atoms with Crippen molar-refractivity contribution < 1.29 is 13.9 Å². The average molecular weight is 349 g/mol. The third-order valence-electron chi connectivity index (χ3n) is 4.06. The van der Waals surface area contributed by atoms with E-state index in [-0.39, 0.29) is 24.2 Å². The number of carbonyl (C=O) groups excluding carboxylic acids is 1. The minimum atomic E-state index is -0.348. The molecule has 0 N–H and O–H groups in total. The molecule has 0 radical (unpaired) electrons. The predicted molar refractivity (Wildman–Crippen MR) is 89.6 cm³/mol. The number of halogens is 2. The molecule has 1 aromatic carbocycles. The zero-order valence-electron chi connectivity index (χ0n) is 13.1. The first-order valence-corrected chi connectivity index (χ1v) is 8.28. The quantitative estimate of drug-likeness (QED) is 0.849. The van der Waals surface area contributed by atoms with E-state index in [1.807, 2.05) is 0 Å². The van der Waals surface area contributed by atoms with Crippen molar-refractivity contribution in [2.75, 3.05) is 13.1 Å². The normalized spacial score (nSPS) is 17.6. The van der Waals surface area contributed by atoms with Crippen LogP contribution in [0.3, 0.4) is 0 Å². The van der Waals surface area contributed by atoms with Crippen LogP contribution < -0.4 is 4.74 Å². The van der Waals surface area contributed by atoms with E-state index in [1.54, 1.807) is 35.4 Å². The first-order valence-electron chi connectivity index (χ1n) is 7.91. The van der Waals surface area contributed by atoms with E-state index in [0.29, 0.717) is 29.4 Å². The lowest BCUT2D eigenvalue weighted by Crippen LogP contribution is -2.45. The highest BCUT2D eigenvalue weighted by molar-refractivity contribution is 6.31. The standard InChI is InChI=1S/C18H18ClFN2O2/c19-15-11-21-8-7-17(15)24-14-5-3-9-22(12-14)18(23)10-13-4-1-2-6-16(13)20/h1-2,4,6-8,11,14H,3,5,9-10,12H2/t14-/m0/s1. The lowest BCUT2D eigenvalue weighted by Gasteiger charge is -2.33. The molecule has 0 unspecified atom stereocenters. The van der Waals surface area contributed by atoms with Crippen LogP contribution in [0.2, 0.25) is 5.02 Å². The number of pyridine rings is 1. The Morgan fingerprint density at radius 3 is 3.00 bits per heavy atom. The highest BCUT2D eigenvalue weighted by Gasteiger charge is 2.25. The van der Waals surface area contributed by atoms with Gasteiger partial charge in [0.15, 0.2) is 0 Å². The lowest BCUT2D eigenvalue weighted by molar-refractivity contribution is -0.133. The molecule has 1 atom stereocenters. The number of aromatic nitrogens is 1. The fraction of sp³-hybridized carbons (Fsp3) is 0.333. The Balaban J connectivity index is 1.62. The van der Waals surface area contributed by atoms with Gasteiger partial charge in [-0.2, -0.15) is 0 Å². The number of hydrogen-bond acceptors (Lipinski definition) is 3. The smallest absolute Gasteiger partial charge is 0.227 e.